The van der Waals surface area contributed by atoms with Crippen LogP contribution in [0.2, 0.25) is 0 Å². The predicted molar refractivity (Wildman–Crippen MR) is 113 cm³/mol. The number of ketones is 1. The minimum Gasteiger partial charge on any atom is -0.353 e. The van der Waals surface area contributed by atoms with Crippen molar-refractivity contribution in [1.82, 2.24) is 15.2 Å². The molecule has 0 bridgehead atoms. The van der Waals surface area contributed by atoms with Gasteiger partial charge in [-0.3, -0.25) is 9.89 Å². The first-order valence-electron chi connectivity index (χ1n) is 10.7. The van der Waals surface area contributed by atoms with Crippen molar-refractivity contribution in [3.05, 3.63) is 40.1 Å². The van der Waals surface area contributed by atoms with E-state index in [1.807, 2.05) is 0 Å². The maximum atomic E-state index is 12.9. The summed E-state index contributed by atoms with van der Waals surface area (Å²) in [6.45, 7) is 8.56. The molecule has 2 aliphatic carbocycles. The van der Waals surface area contributed by atoms with Gasteiger partial charge in [-0.05, 0) is 87.6 Å². The van der Waals surface area contributed by atoms with Gasteiger partial charge in [0.05, 0.1) is 5.69 Å². The van der Waals surface area contributed by atoms with Gasteiger partial charge in [-0.25, -0.2) is 0 Å². The number of hydrogen-bond acceptors (Lipinski definition) is 2. The van der Waals surface area contributed by atoms with Crippen LogP contribution in [0.5, 0.6) is 0 Å². The topological polar surface area (TPSA) is 61.5 Å². The first kappa shape index (κ1) is 17.7. The Morgan fingerprint density at radius 1 is 1.18 bits per heavy atom. The number of aromatic amines is 2. The van der Waals surface area contributed by atoms with E-state index in [0.717, 1.165) is 43.3 Å². The number of aromatic nitrogens is 3. The molecule has 2 aromatic heterocycles. The smallest absolute Gasteiger partial charge is 0.142 e. The SMILES string of the molecule is CCC1CCC(=O)C(C)(C)c2cc3[nH]c4c(c3cc21)CCCc1c-4n[nH]c1C. The van der Waals surface area contributed by atoms with Gasteiger partial charge in [0.25, 0.3) is 0 Å². The third-order valence-electron chi connectivity index (χ3n) is 7.26. The van der Waals surface area contributed by atoms with Crippen molar-refractivity contribution < 1.29 is 4.79 Å². The molecule has 2 heterocycles. The highest BCUT2D eigenvalue weighted by molar-refractivity contribution is 5.96. The zero-order chi connectivity index (χ0) is 19.6. The van der Waals surface area contributed by atoms with Crippen LogP contribution in [0.25, 0.3) is 22.3 Å². The Bertz CT molecular complexity index is 1100. The highest BCUT2D eigenvalue weighted by Gasteiger charge is 2.37. The number of fused-ring (bicyclic) bond motifs is 6. The molecule has 0 saturated heterocycles. The van der Waals surface area contributed by atoms with Gasteiger partial charge in [0.15, 0.2) is 0 Å². The summed E-state index contributed by atoms with van der Waals surface area (Å²) in [5.41, 5.74) is 9.48. The Morgan fingerprint density at radius 3 is 2.75 bits per heavy atom. The predicted octanol–water partition coefficient (Wildman–Crippen LogP) is 5.49. The Morgan fingerprint density at radius 2 is 1.96 bits per heavy atom. The lowest BCUT2D eigenvalue weighted by molar-refractivity contribution is -0.123. The fourth-order valence-corrected chi connectivity index (χ4v) is 5.41. The van der Waals surface area contributed by atoms with Crippen molar-refractivity contribution in [3.63, 3.8) is 0 Å². The zero-order valence-corrected chi connectivity index (χ0v) is 17.3. The summed E-state index contributed by atoms with van der Waals surface area (Å²) in [7, 11) is 0. The summed E-state index contributed by atoms with van der Waals surface area (Å²) in [5, 5.41) is 9.13. The van der Waals surface area contributed by atoms with Crippen molar-refractivity contribution in [3.8, 4) is 11.4 Å². The Balaban J connectivity index is 1.80. The Hall–Kier alpha value is -2.36. The molecule has 0 saturated carbocycles. The van der Waals surface area contributed by atoms with Gasteiger partial charge >= 0.3 is 0 Å². The number of benzene rings is 1. The van der Waals surface area contributed by atoms with Crippen LogP contribution in [-0.2, 0) is 23.1 Å². The summed E-state index contributed by atoms with van der Waals surface area (Å²) >= 11 is 0. The van der Waals surface area contributed by atoms with Crippen LogP contribution < -0.4 is 0 Å². The minimum atomic E-state index is -0.427. The van der Waals surface area contributed by atoms with Crippen LogP contribution >= 0.6 is 0 Å². The van der Waals surface area contributed by atoms with Gasteiger partial charge in [-0.2, -0.15) is 5.10 Å². The second-order valence-corrected chi connectivity index (χ2v) is 9.18. The highest BCUT2D eigenvalue weighted by Crippen LogP contribution is 2.44. The van der Waals surface area contributed by atoms with Gasteiger partial charge in [-0.1, -0.05) is 6.92 Å². The average molecular weight is 376 g/mol. The van der Waals surface area contributed by atoms with Crippen molar-refractivity contribution in [2.24, 2.45) is 0 Å². The molecule has 0 amide bonds. The summed E-state index contributed by atoms with van der Waals surface area (Å²) < 4.78 is 0. The Kier molecular flexibility index (Phi) is 3.84. The fraction of sp³-hybridized carbons (Fsp3) is 0.500. The standard InChI is InChI=1S/C24H29N3O/c1-5-14-9-10-21(28)24(3,4)19-12-20-18(11-17(14)19)16-8-6-7-15-13(2)26-27-23(15)22(16)25-20/h11-12,14,25H,5-10H2,1-4H3,(H,26,27). The maximum absolute atomic E-state index is 12.9. The van der Waals surface area contributed by atoms with Crippen LogP contribution in [0.3, 0.4) is 0 Å². The number of nitrogens with zero attached hydrogens (tertiary/aromatic N) is 1. The van der Waals surface area contributed by atoms with E-state index < -0.39 is 5.41 Å². The molecule has 1 atom stereocenters. The molecule has 1 aromatic carbocycles. The number of H-pyrrole nitrogens is 2. The summed E-state index contributed by atoms with van der Waals surface area (Å²) in [6, 6.07) is 4.67. The van der Waals surface area contributed by atoms with Crippen molar-refractivity contribution in [2.75, 3.05) is 0 Å². The van der Waals surface area contributed by atoms with E-state index >= 15 is 0 Å². The lowest BCUT2D eigenvalue weighted by Gasteiger charge is -2.25. The number of carbonyl (C=O) groups is 1. The molecule has 0 spiro atoms. The summed E-state index contributed by atoms with van der Waals surface area (Å²) in [5.74, 6) is 0.826. The molecule has 2 aliphatic rings. The van der Waals surface area contributed by atoms with Crippen molar-refractivity contribution in [1.29, 1.82) is 0 Å². The first-order chi connectivity index (χ1) is 13.4. The van der Waals surface area contributed by atoms with E-state index in [9.17, 15) is 4.79 Å². The van der Waals surface area contributed by atoms with Crippen LogP contribution in [0.4, 0.5) is 0 Å². The molecule has 5 rings (SSSR count). The third-order valence-corrected chi connectivity index (χ3v) is 7.26. The van der Waals surface area contributed by atoms with Gasteiger partial charge in [0, 0.05) is 34.0 Å². The second kappa shape index (κ2) is 6.07. The molecule has 28 heavy (non-hydrogen) atoms. The molecule has 4 heteroatoms. The normalized spacial score (nSPS) is 21.0. The van der Waals surface area contributed by atoms with Crippen LogP contribution in [0.15, 0.2) is 12.1 Å². The van der Waals surface area contributed by atoms with Crippen LogP contribution in [0, 0.1) is 6.92 Å². The molecule has 4 nitrogen and oxygen atoms in total. The average Bonchev–Trinajstić information content (AvgIpc) is 3.12. The number of nitrogens with one attached hydrogen (secondary N) is 2. The molecular formula is C24H29N3O. The number of hydrogen-bond donors (Lipinski definition) is 2. The molecule has 2 N–H and O–H groups in total. The van der Waals surface area contributed by atoms with E-state index in [0.29, 0.717) is 18.1 Å². The van der Waals surface area contributed by atoms with Crippen molar-refractivity contribution >= 4 is 16.7 Å². The highest BCUT2D eigenvalue weighted by atomic mass is 16.1. The Labute approximate surface area is 166 Å². The largest absolute Gasteiger partial charge is 0.353 e. The van der Waals surface area contributed by atoms with E-state index in [4.69, 9.17) is 0 Å². The fourth-order valence-electron chi connectivity index (χ4n) is 5.41. The van der Waals surface area contributed by atoms with Gasteiger partial charge < -0.3 is 4.98 Å². The molecule has 1 unspecified atom stereocenters. The number of rotatable bonds is 1. The van der Waals surface area contributed by atoms with E-state index in [2.05, 4.69) is 55.0 Å². The van der Waals surface area contributed by atoms with E-state index in [1.165, 1.54) is 39.0 Å². The van der Waals surface area contributed by atoms with E-state index in [-0.39, 0.29) is 0 Å². The van der Waals surface area contributed by atoms with Gasteiger partial charge in [-0.15, -0.1) is 0 Å². The van der Waals surface area contributed by atoms with Gasteiger partial charge in [0.1, 0.15) is 11.5 Å². The number of aryl methyl sites for hydroxylation is 2. The quantitative estimate of drug-likeness (QED) is 0.553. The van der Waals surface area contributed by atoms with Crippen molar-refractivity contribution in [2.45, 2.75) is 77.6 Å². The number of Topliss-reactive ketones (excluding diaryl/α,β-unsaturated/α-hetero) is 1. The monoisotopic (exact) mass is 375 g/mol. The van der Waals surface area contributed by atoms with E-state index in [1.54, 1.807) is 0 Å². The van der Waals surface area contributed by atoms with Gasteiger partial charge in [0.2, 0.25) is 0 Å². The molecule has 146 valence electrons. The molecular weight excluding hydrogens is 346 g/mol. The summed E-state index contributed by atoms with van der Waals surface area (Å²) in [6.07, 6.45) is 6.02. The minimum absolute atomic E-state index is 0.363. The first-order valence-corrected chi connectivity index (χ1v) is 10.7. The zero-order valence-electron chi connectivity index (χ0n) is 17.3. The van der Waals surface area contributed by atoms with Crippen LogP contribution in [-0.4, -0.2) is 21.0 Å². The van der Waals surface area contributed by atoms with Crippen LogP contribution in [0.1, 0.15) is 80.3 Å². The molecule has 3 aromatic rings. The molecule has 0 aliphatic heterocycles. The number of carbonyl (C=O) groups excluding carboxylic acids is 1. The maximum Gasteiger partial charge on any atom is 0.142 e. The molecule has 0 radical (unpaired) electrons. The summed E-state index contributed by atoms with van der Waals surface area (Å²) in [4.78, 5) is 16.6. The second-order valence-electron chi connectivity index (χ2n) is 9.18. The lowest BCUT2D eigenvalue weighted by atomic mass is 9.77. The molecule has 0 fully saturated rings. The third kappa shape index (κ3) is 2.36. The lowest BCUT2D eigenvalue weighted by Crippen LogP contribution is -2.28.